The first-order valence-corrected chi connectivity index (χ1v) is 5.81. The summed E-state index contributed by atoms with van der Waals surface area (Å²) in [7, 11) is 0. The molecule has 0 saturated carbocycles. The van der Waals surface area contributed by atoms with Crippen molar-refractivity contribution in [3.8, 4) is 0 Å². The van der Waals surface area contributed by atoms with Gasteiger partial charge in [0.25, 0.3) is 5.91 Å². The molecule has 1 amide bonds. The number of hydrogen-bond acceptors (Lipinski definition) is 1. The fraction of sp³-hybridized carbons (Fsp3) is 0.0714. The van der Waals surface area contributed by atoms with Gasteiger partial charge in [0.15, 0.2) is 0 Å². The average molecular weight is 239 g/mol. The lowest BCUT2D eigenvalue weighted by Gasteiger charge is -2.01. The van der Waals surface area contributed by atoms with Crippen molar-refractivity contribution in [3.63, 3.8) is 0 Å². The summed E-state index contributed by atoms with van der Waals surface area (Å²) in [6.07, 6.45) is 1.84. The molecule has 0 aliphatic carbocycles. The highest BCUT2D eigenvalue weighted by atomic mass is 16.1. The highest BCUT2D eigenvalue weighted by Gasteiger charge is 2.08. The van der Waals surface area contributed by atoms with Gasteiger partial charge in [-0.05, 0) is 24.3 Å². The molecule has 3 N–H and O–H groups in total. The molecule has 2 aromatic heterocycles. The Morgan fingerprint density at radius 3 is 2.83 bits per heavy atom. The summed E-state index contributed by atoms with van der Waals surface area (Å²) in [6, 6.07) is 13.5. The molecule has 0 unspecified atom stereocenters. The van der Waals surface area contributed by atoms with E-state index in [0.29, 0.717) is 12.2 Å². The molecule has 0 atom stereocenters. The van der Waals surface area contributed by atoms with Crippen LogP contribution in [0, 0.1) is 0 Å². The molecule has 90 valence electrons. The number of benzene rings is 1. The summed E-state index contributed by atoms with van der Waals surface area (Å²) in [5.41, 5.74) is 2.55. The molecule has 0 radical (unpaired) electrons. The average Bonchev–Trinajstić information content (AvgIpc) is 3.04. The molecule has 3 rings (SSSR count). The third kappa shape index (κ3) is 2.00. The van der Waals surface area contributed by atoms with Crippen LogP contribution in [0.5, 0.6) is 0 Å². The van der Waals surface area contributed by atoms with Gasteiger partial charge in [0, 0.05) is 22.8 Å². The Morgan fingerprint density at radius 2 is 2.06 bits per heavy atom. The second-order valence-electron chi connectivity index (χ2n) is 4.15. The van der Waals surface area contributed by atoms with Gasteiger partial charge in [-0.15, -0.1) is 0 Å². The first kappa shape index (κ1) is 10.7. The van der Waals surface area contributed by atoms with Crippen molar-refractivity contribution in [2.45, 2.75) is 6.54 Å². The van der Waals surface area contributed by atoms with Crippen molar-refractivity contribution in [1.82, 2.24) is 15.3 Å². The van der Waals surface area contributed by atoms with E-state index < -0.39 is 0 Å². The molecule has 3 aromatic rings. The van der Waals surface area contributed by atoms with E-state index in [9.17, 15) is 4.79 Å². The van der Waals surface area contributed by atoms with Crippen molar-refractivity contribution in [3.05, 3.63) is 60.0 Å². The standard InChI is InChI=1S/C14H13N3O/c18-14(16-9-11-5-3-7-15-11)13-8-10-4-1-2-6-12(10)17-13/h1-8,15,17H,9H2,(H,16,18). The largest absolute Gasteiger partial charge is 0.364 e. The molecule has 0 spiro atoms. The Morgan fingerprint density at radius 1 is 1.17 bits per heavy atom. The summed E-state index contributed by atoms with van der Waals surface area (Å²) in [5, 5.41) is 3.90. The molecule has 1 aromatic carbocycles. The second-order valence-corrected chi connectivity index (χ2v) is 4.15. The Balaban J connectivity index is 1.75. The number of rotatable bonds is 3. The second kappa shape index (κ2) is 4.41. The van der Waals surface area contributed by atoms with Gasteiger partial charge in [-0.1, -0.05) is 18.2 Å². The molecule has 2 heterocycles. The van der Waals surface area contributed by atoms with Crippen LogP contribution in [-0.4, -0.2) is 15.9 Å². The van der Waals surface area contributed by atoms with Crippen LogP contribution >= 0.6 is 0 Å². The Labute approximate surface area is 104 Å². The number of para-hydroxylation sites is 1. The number of carbonyl (C=O) groups excluding carboxylic acids is 1. The number of aromatic amines is 2. The van der Waals surface area contributed by atoms with Crippen molar-refractivity contribution < 1.29 is 4.79 Å². The lowest BCUT2D eigenvalue weighted by atomic mass is 10.2. The molecule has 4 nitrogen and oxygen atoms in total. The Hall–Kier alpha value is -2.49. The van der Waals surface area contributed by atoms with Crippen LogP contribution in [-0.2, 0) is 6.54 Å². The third-order valence-corrected chi connectivity index (χ3v) is 2.88. The maximum absolute atomic E-state index is 12.0. The first-order chi connectivity index (χ1) is 8.83. The Kier molecular flexibility index (Phi) is 2.61. The molecular weight excluding hydrogens is 226 g/mol. The third-order valence-electron chi connectivity index (χ3n) is 2.88. The van der Waals surface area contributed by atoms with E-state index in [2.05, 4.69) is 15.3 Å². The molecular formula is C14H13N3O. The van der Waals surface area contributed by atoms with Crippen LogP contribution < -0.4 is 5.32 Å². The van der Waals surface area contributed by atoms with Crippen molar-refractivity contribution in [2.24, 2.45) is 0 Å². The molecule has 18 heavy (non-hydrogen) atoms. The van der Waals surface area contributed by atoms with Crippen molar-refractivity contribution in [1.29, 1.82) is 0 Å². The van der Waals surface area contributed by atoms with Crippen molar-refractivity contribution in [2.75, 3.05) is 0 Å². The van der Waals surface area contributed by atoms with Gasteiger partial charge in [0.1, 0.15) is 5.69 Å². The quantitative estimate of drug-likeness (QED) is 0.646. The maximum Gasteiger partial charge on any atom is 0.268 e. The minimum absolute atomic E-state index is 0.0965. The van der Waals surface area contributed by atoms with E-state index in [4.69, 9.17) is 0 Å². The summed E-state index contributed by atoms with van der Waals surface area (Å²) in [5.74, 6) is -0.0965. The van der Waals surface area contributed by atoms with Gasteiger partial charge < -0.3 is 15.3 Å². The van der Waals surface area contributed by atoms with E-state index in [-0.39, 0.29) is 5.91 Å². The van der Waals surface area contributed by atoms with Crippen LogP contribution in [0.25, 0.3) is 10.9 Å². The van der Waals surface area contributed by atoms with Gasteiger partial charge in [-0.25, -0.2) is 0 Å². The van der Waals surface area contributed by atoms with Crippen LogP contribution in [0.15, 0.2) is 48.7 Å². The fourth-order valence-electron chi connectivity index (χ4n) is 1.94. The van der Waals surface area contributed by atoms with E-state index in [1.807, 2.05) is 48.7 Å². The number of fused-ring (bicyclic) bond motifs is 1. The first-order valence-electron chi connectivity index (χ1n) is 5.81. The van der Waals surface area contributed by atoms with Gasteiger partial charge >= 0.3 is 0 Å². The SMILES string of the molecule is O=C(NCc1ccc[nH]1)c1cc2ccccc2[nH]1. The van der Waals surface area contributed by atoms with E-state index in [1.165, 1.54) is 0 Å². The molecule has 0 aliphatic rings. The summed E-state index contributed by atoms with van der Waals surface area (Å²) in [6.45, 7) is 0.501. The topological polar surface area (TPSA) is 60.7 Å². The summed E-state index contributed by atoms with van der Waals surface area (Å²) in [4.78, 5) is 18.1. The minimum Gasteiger partial charge on any atom is -0.364 e. The normalized spacial score (nSPS) is 10.7. The highest BCUT2D eigenvalue weighted by Crippen LogP contribution is 2.14. The van der Waals surface area contributed by atoms with Gasteiger partial charge in [0.05, 0.1) is 6.54 Å². The molecule has 0 saturated heterocycles. The fourth-order valence-corrected chi connectivity index (χ4v) is 1.94. The van der Waals surface area contributed by atoms with Crippen LogP contribution in [0.1, 0.15) is 16.2 Å². The zero-order chi connectivity index (χ0) is 12.4. The predicted octanol–water partition coefficient (Wildman–Crippen LogP) is 2.43. The number of aromatic nitrogens is 2. The molecule has 0 bridgehead atoms. The van der Waals surface area contributed by atoms with E-state index >= 15 is 0 Å². The van der Waals surface area contributed by atoms with Gasteiger partial charge in [0.2, 0.25) is 0 Å². The highest BCUT2D eigenvalue weighted by molar-refractivity contribution is 5.97. The monoisotopic (exact) mass is 239 g/mol. The summed E-state index contributed by atoms with van der Waals surface area (Å²) < 4.78 is 0. The lowest BCUT2D eigenvalue weighted by Crippen LogP contribution is -2.23. The lowest BCUT2D eigenvalue weighted by molar-refractivity contribution is 0.0946. The number of carbonyl (C=O) groups is 1. The van der Waals surface area contributed by atoms with E-state index in [0.717, 1.165) is 16.6 Å². The molecule has 0 fully saturated rings. The summed E-state index contributed by atoms with van der Waals surface area (Å²) >= 11 is 0. The zero-order valence-electron chi connectivity index (χ0n) is 9.73. The minimum atomic E-state index is -0.0965. The maximum atomic E-state index is 12.0. The predicted molar refractivity (Wildman–Crippen MR) is 70.3 cm³/mol. The van der Waals surface area contributed by atoms with E-state index in [1.54, 1.807) is 0 Å². The number of hydrogen-bond donors (Lipinski definition) is 3. The van der Waals surface area contributed by atoms with Crippen LogP contribution in [0.3, 0.4) is 0 Å². The van der Waals surface area contributed by atoms with Crippen molar-refractivity contribution >= 4 is 16.8 Å². The molecule has 4 heteroatoms. The zero-order valence-corrected chi connectivity index (χ0v) is 9.73. The molecule has 0 aliphatic heterocycles. The van der Waals surface area contributed by atoms with Crippen LogP contribution in [0.2, 0.25) is 0 Å². The van der Waals surface area contributed by atoms with Crippen LogP contribution in [0.4, 0.5) is 0 Å². The van der Waals surface area contributed by atoms with Gasteiger partial charge in [-0.2, -0.15) is 0 Å². The number of amides is 1. The number of nitrogens with one attached hydrogen (secondary N) is 3. The van der Waals surface area contributed by atoms with Gasteiger partial charge in [-0.3, -0.25) is 4.79 Å². The Bertz CT molecular complexity index is 634. The number of H-pyrrole nitrogens is 2. The smallest absolute Gasteiger partial charge is 0.268 e.